The van der Waals surface area contributed by atoms with Gasteiger partial charge in [0.1, 0.15) is 18.2 Å². The molecule has 1 aromatic heterocycles. The Morgan fingerprint density at radius 1 is 1.00 bits per heavy atom. The van der Waals surface area contributed by atoms with Crippen molar-refractivity contribution in [1.29, 1.82) is 0 Å². The zero-order valence-corrected chi connectivity index (χ0v) is 12.9. The number of ether oxygens (including phenoxy) is 1. The number of hydrogen-bond donors (Lipinski definition) is 2. The predicted octanol–water partition coefficient (Wildman–Crippen LogP) is 3.69. The van der Waals surface area contributed by atoms with E-state index in [0.717, 1.165) is 22.7 Å². The molecule has 0 spiro atoms. The van der Waals surface area contributed by atoms with Gasteiger partial charge in [0, 0.05) is 17.4 Å². The molecule has 0 radical (unpaired) electrons. The minimum absolute atomic E-state index is 0.260. The number of nitrogens with one attached hydrogen (secondary N) is 1. The van der Waals surface area contributed by atoms with Gasteiger partial charge in [0.2, 0.25) is 5.95 Å². The number of hydrogen-bond acceptors (Lipinski definition) is 5. The van der Waals surface area contributed by atoms with Gasteiger partial charge in [0.25, 0.3) is 0 Å². The number of aryl methyl sites for hydroxylation is 1. The number of aromatic nitrogens is 2. The normalized spacial score (nSPS) is 10.3. The van der Waals surface area contributed by atoms with Crippen LogP contribution in [0.15, 0.2) is 60.7 Å². The lowest BCUT2D eigenvalue weighted by Gasteiger charge is -2.09. The van der Waals surface area contributed by atoms with Crippen LogP contribution in [0.2, 0.25) is 0 Å². The lowest BCUT2D eigenvalue weighted by atomic mass is 10.2. The first kappa shape index (κ1) is 14.8. The summed E-state index contributed by atoms with van der Waals surface area (Å²) in [6.45, 7) is 2.43. The molecule has 0 bridgehead atoms. The fourth-order valence-electron chi connectivity index (χ4n) is 2.18. The maximum absolute atomic E-state index is 5.76. The summed E-state index contributed by atoms with van der Waals surface area (Å²) in [6.07, 6.45) is 0. The molecular weight excluding hydrogens is 288 g/mol. The first-order valence-electron chi connectivity index (χ1n) is 7.34. The average Bonchev–Trinajstić information content (AvgIpc) is 2.54. The topological polar surface area (TPSA) is 73.1 Å². The Labute approximate surface area is 135 Å². The number of nitrogen functional groups attached to an aromatic ring is 1. The van der Waals surface area contributed by atoms with E-state index in [1.165, 1.54) is 0 Å². The molecule has 3 rings (SSSR count). The molecule has 0 aliphatic rings. The van der Waals surface area contributed by atoms with Crippen molar-refractivity contribution >= 4 is 17.5 Å². The molecule has 1 heterocycles. The van der Waals surface area contributed by atoms with Crippen LogP contribution in [0.3, 0.4) is 0 Å². The third-order valence-corrected chi connectivity index (χ3v) is 3.25. The fourth-order valence-corrected chi connectivity index (χ4v) is 2.18. The summed E-state index contributed by atoms with van der Waals surface area (Å²) in [4.78, 5) is 8.20. The standard InChI is InChI=1S/C18H18N4O/c1-13-11-17(22-18(19)20-13)21-15-7-9-16(10-8-15)23-12-14-5-3-2-4-6-14/h2-11H,12H2,1H3,(H3,19,20,21,22). The Morgan fingerprint density at radius 3 is 2.43 bits per heavy atom. The van der Waals surface area contributed by atoms with Crippen molar-refractivity contribution < 1.29 is 4.74 Å². The van der Waals surface area contributed by atoms with Crippen molar-refractivity contribution in [1.82, 2.24) is 9.97 Å². The number of nitrogens with two attached hydrogens (primary N) is 1. The van der Waals surface area contributed by atoms with Crippen LogP contribution in [-0.4, -0.2) is 9.97 Å². The molecule has 3 N–H and O–H groups in total. The van der Waals surface area contributed by atoms with Gasteiger partial charge < -0.3 is 15.8 Å². The van der Waals surface area contributed by atoms with Crippen LogP contribution in [0.4, 0.5) is 17.5 Å². The molecule has 3 aromatic rings. The van der Waals surface area contributed by atoms with Gasteiger partial charge in [-0.2, -0.15) is 4.98 Å². The van der Waals surface area contributed by atoms with Crippen molar-refractivity contribution in [3.8, 4) is 5.75 Å². The van der Waals surface area contributed by atoms with Crippen molar-refractivity contribution in [3.05, 3.63) is 71.9 Å². The van der Waals surface area contributed by atoms with E-state index in [4.69, 9.17) is 10.5 Å². The van der Waals surface area contributed by atoms with Crippen LogP contribution in [0, 0.1) is 6.92 Å². The summed E-state index contributed by atoms with van der Waals surface area (Å²) in [5.41, 5.74) is 8.52. The SMILES string of the molecule is Cc1cc(Nc2ccc(OCc3ccccc3)cc2)nc(N)n1. The first-order valence-corrected chi connectivity index (χ1v) is 7.34. The number of anilines is 3. The zero-order chi connectivity index (χ0) is 16.1. The molecule has 116 valence electrons. The van der Waals surface area contributed by atoms with Gasteiger partial charge in [-0.3, -0.25) is 0 Å². The van der Waals surface area contributed by atoms with Crippen molar-refractivity contribution in [3.63, 3.8) is 0 Å². The molecule has 5 nitrogen and oxygen atoms in total. The minimum Gasteiger partial charge on any atom is -0.489 e. The smallest absolute Gasteiger partial charge is 0.222 e. The van der Waals surface area contributed by atoms with Gasteiger partial charge in [0.05, 0.1) is 0 Å². The monoisotopic (exact) mass is 306 g/mol. The predicted molar refractivity (Wildman–Crippen MR) is 91.7 cm³/mol. The molecule has 0 saturated carbocycles. The number of benzene rings is 2. The Hall–Kier alpha value is -3.08. The lowest BCUT2D eigenvalue weighted by Crippen LogP contribution is -2.01. The fraction of sp³-hybridized carbons (Fsp3) is 0.111. The van der Waals surface area contributed by atoms with E-state index in [1.54, 1.807) is 0 Å². The molecule has 0 aliphatic carbocycles. The molecule has 23 heavy (non-hydrogen) atoms. The highest BCUT2D eigenvalue weighted by Gasteiger charge is 2.01. The Morgan fingerprint density at radius 2 is 1.74 bits per heavy atom. The largest absolute Gasteiger partial charge is 0.489 e. The van der Waals surface area contributed by atoms with Gasteiger partial charge in [-0.25, -0.2) is 4.98 Å². The van der Waals surface area contributed by atoms with Gasteiger partial charge in [0.15, 0.2) is 0 Å². The van der Waals surface area contributed by atoms with E-state index in [-0.39, 0.29) is 5.95 Å². The van der Waals surface area contributed by atoms with Crippen molar-refractivity contribution in [2.45, 2.75) is 13.5 Å². The third-order valence-electron chi connectivity index (χ3n) is 3.25. The Balaban J connectivity index is 1.62. The van der Waals surface area contributed by atoms with Gasteiger partial charge in [-0.1, -0.05) is 30.3 Å². The molecule has 0 aliphatic heterocycles. The summed E-state index contributed by atoms with van der Waals surface area (Å²) in [6, 6.07) is 19.6. The molecule has 2 aromatic carbocycles. The second-order valence-electron chi connectivity index (χ2n) is 5.18. The van der Waals surface area contributed by atoms with Crippen LogP contribution in [-0.2, 0) is 6.61 Å². The van der Waals surface area contributed by atoms with E-state index < -0.39 is 0 Å². The van der Waals surface area contributed by atoms with Crippen LogP contribution in [0.25, 0.3) is 0 Å². The minimum atomic E-state index is 0.260. The van der Waals surface area contributed by atoms with Crippen LogP contribution in [0.1, 0.15) is 11.3 Å². The van der Waals surface area contributed by atoms with E-state index >= 15 is 0 Å². The number of nitrogens with zero attached hydrogens (tertiary/aromatic N) is 2. The zero-order valence-electron chi connectivity index (χ0n) is 12.9. The van der Waals surface area contributed by atoms with Gasteiger partial charge in [-0.05, 0) is 36.8 Å². The summed E-state index contributed by atoms with van der Waals surface area (Å²) in [7, 11) is 0. The average molecular weight is 306 g/mol. The van der Waals surface area contributed by atoms with Crippen LogP contribution >= 0.6 is 0 Å². The molecule has 5 heteroatoms. The highest BCUT2D eigenvalue weighted by molar-refractivity contribution is 5.58. The summed E-state index contributed by atoms with van der Waals surface area (Å²) >= 11 is 0. The molecule has 0 fully saturated rings. The Kier molecular flexibility index (Phi) is 4.38. The Bertz CT molecular complexity index is 753. The summed E-state index contributed by atoms with van der Waals surface area (Å²) in [5, 5.41) is 3.20. The van der Waals surface area contributed by atoms with Gasteiger partial charge >= 0.3 is 0 Å². The highest BCUT2D eigenvalue weighted by atomic mass is 16.5. The maximum atomic E-state index is 5.76. The summed E-state index contributed by atoms with van der Waals surface area (Å²) in [5.74, 6) is 1.75. The van der Waals surface area contributed by atoms with Crippen LogP contribution < -0.4 is 15.8 Å². The van der Waals surface area contributed by atoms with E-state index in [2.05, 4.69) is 15.3 Å². The van der Waals surface area contributed by atoms with E-state index in [9.17, 15) is 0 Å². The second kappa shape index (κ2) is 6.79. The second-order valence-corrected chi connectivity index (χ2v) is 5.18. The first-order chi connectivity index (χ1) is 11.2. The van der Waals surface area contributed by atoms with Crippen molar-refractivity contribution in [2.75, 3.05) is 11.1 Å². The molecule has 0 atom stereocenters. The molecular formula is C18H18N4O. The molecule has 0 amide bonds. The molecule has 0 saturated heterocycles. The molecule has 0 unspecified atom stereocenters. The lowest BCUT2D eigenvalue weighted by molar-refractivity contribution is 0.306. The van der Waals surface area contributed by atoms with Crippen LogP contribution in [0.5, 0.6) is 5.75 Å². The third kappa shape index (κ3) is 4.20. The number of rotatable bonds is 5. The van der Waals surface area contributed by atoms with E-state index in [1.807, 2.05) is 67.6 Å². The van der Waals surface area contributed by atoms with E-state index in [0.29, 0.717) is 12.4 Å². The van der Waals surface area contributed by atoms with Gasteiger partial charge in [-0.15, -0.1) is 0 Å². The summed E-state index contributed by atoms with van der Waals surface area (Å²) < 4.78 is 5.76. The highest BCUT2D eigenvalue weighted by Crippen LogP contribution is 2.20. The van der Waals surface area contributed by atoms with Crippen molar-refractivity contribution in [2.24, 2.45) is 0 Å². The quantitative estimate of drug-likeness (QED) is 0.752. The maximum Gasteiger partial charge on any atom is 0.222 e.